The van der Waals surface area contributed by atoms with E-state index in [1.54, 1.807) is 0 Å². The summed E-state index contributed by atoms with van der Waals surface area (Å²) in [6.45, 7) is 1.85. The SMILES string of the molecule is CC1CCCC(O)C1F. The maximum Gasteiger partial charge on any atom is 0.128 e. The molecule has 0 aromatic carbocycles. The Hall–Kier alpha value is -0.110. The quantitative estimate of drug-likeness (QED) is 0.529. The van der Waals surface area contributed by atoms with Crippen molar-refractivity contribution in [1.29, 1.82) is 0 Å². The second-order valence-electron chi connectivity index (χ2n) is 2.92. The molecule has 0 bridgehead atoms. The monoisotopic (exact) mass is 132 g/mol. The predicted molar refractivity (Wildman–Crippen MR) is 33.9 cm³/mol. The van der Waals surface area contributed by atoms with Crippen LogP contribution in [0.1, 0.15) is 26.2 Å². The summed E-state index contributed by atoms with van der Waals surface area (Å²) in [6.07, 6.45) is 0.888. The van der Waals surface area contributed by atoms with Crippen LogP contribution in [0.5, 0.6) is 0 Å². The highest BCUT2D eigenvalue weighted by Gasteiger charge is 2.28. The van der Waals surface area contributed by atoms with Gasteiger partial charge in [-0.1, -0.05) is 13.3 Å². The fourth-order valence-electron chi connectivity index (χ4n) is 1.35. The molecule has 9 heavy (non-hydrogen) atoms. The first-order chi connectivity index (χ1) is 4.22. The lowest BCUT2D eigenvalue weighted by Crippen LogP contribution is -2.32. The Labute approximate surface area is 54.9 Å². The highest BCUT2D eigenvalue weighted by atomic mass is 19.1. The highest BCUT2D eigenvalue weighted by molar-refractivity contribution is 4.78. The summed E-state index contributed by atoms with van der Waals surface area (Å²) in [7, 11) is 0. The van der Waals surface area contributed by atoms with Gasteiger partial charge in [-0.3, -0.25) is 0 Å². The minimum atomic E-state index is -0.973. The summed E-state index contributed by atoms with van der Waals surface area (Å²) in [6, 6.07) is 0. The van der Waals surface area contributed by atoms with Crippen molar-refractivity contribution < 1.29 is 9.50 Å². The molecule has 0 spiro atoms. The topological polar surface area (TPSA) is 20.2 Å². The number of aliphatic hydroxyl groups excluding tert-OH is 1. The van der Waals surface area contributed by atoms with E-state index < -0.39 is 12.3 Å². The van der Waals surface area contributed by atoms with Gasteiger partial charge in [0.2, 0.25) is 0 Å². The first-order valence-electron chi connectivity index (χ1n) is 3.54. The van der Waals surface area contributed by atoms with Crippen molar-refractivity contribution in [2.45, 2.75) is 38.5 Å². The lowest BCUT2D eigenvalue weighted by Gasteiger charge is -2.26. The smallest absolute Gasteiger partial charge is 0.128 e. The number of halogens is 1. The lowest BCUT2D eigenvalue weighted by molar-refractivity contribution is 0.0133. The van der Waals surface area contributed by atoms with Crippen LogP contribution in [0.2, 0.25) is 0 Å². The van der Waals surface area contributed by atoms with Crippen LogP contribution in [0, 0.1) is 5.92 Å². The zero-order valence-electron chi connectivity index (χ0n) is 5.68. The largest absolute Gasteiger partial charge is 0.390 e. The Bertz CT molecular complexity index is 84.9. The summed E-state index contributed by atoms with van der Waals surface area (Å²) in [5.41, 5.74) is 0. The molecule has 2 heteroatoms. The van der Waals surface area contributed by atoms with Crippen molar-refractivity contribution in [2.75, 3.05) is 0 Å². The maximum atomic E-state index is 12.7. The van der Waals surface area contributed by atoms with E-state index in [-0.39, 0.29) is 5.92 Å². The molecule has 0 aromatic heterocycles. The van der Waals surface area contributed by atoms with Crippen LogP contribution >= 0.6 is 0 Å². The highest BCUT2D eigenvalue weighted by Crippen LogP contribution is 2.26. The van der Waals surface area contributed by atoms with Gasteiger partial charge in [-0.05, 0) is 18.8 Å². The van der Waals surface area contributed by atoms with Crippen molar-refractivity contribution in [3.63, 3.8) is 0 Å². The van der Waals surface area contributed by atoms with Crippen LogP contribution in [-0.2, 0) is 0 Å². The molecule has 1 N–H and O–H groups in total. The second kappa shape index (κ2) is 2.65. The van der Waals surface area contributed by atoms with Crippen LogP contribution < -0.4 is 0 Å². The van der Waals surface area contributed by atoms with Gasteiger partial charge < -0.3 is 5.11 Å². The molecule has 0 aromatic rings. The van der Waals surface area contributed by atoms with Crippen LogP contribution in [0.25, 0.3) is 0 Å². The Morgan fingerprint density at radius 1 is 1.44 bits per heavy atom. The first kappa shape index (κ1) is 7.00. The standard InChI is InChI=1S/C7H13FO/c1-5-3-2-4-6(9)7(5)8/h5-7,9H,2-4H2,1H3. The third-order valence-corrected chi connectivity index (χ3v) is 2.07. The van der Waals surface area contributed by atoms with E-state index in [1.807, 2.05) is 6.92 Å². The van der Waals surface area contributed by atoms with Gasteiger partial charge in [0.05, 0.1) is 6.10 Å². The van der Waals surface area contributed by atoms with Crippen LogP contribution in [0.3, 0.4) is 0 Å². The normalized spacial score (nSPS) is 45.0. The summed E-state index contributed by atoms with van der Waals surface area (Å²) in [5.74, 6) is 0.0637. The van der Waals surface area contributed by atoms with E-state index in [1.165, 1.54) is 0 Å². The van der Waals surface area contributed by atoms with Crippen LogP contribution in [0.15, 0.2) is 0 Å². The average Bonchev–Trinajstić information content (AvgIpc) is 1.83. The van der Waals surface area contributed by atoms with Crippen molar-refractivity contribution in [3.05, 3.63) is 0 Å². The molecular weight excluding hydrogens is 119 g/mol. The van der Waals surface area contributed by atoms with Crippen molar-refractivity contribution in [1.82, 2.24) is 0 Å². The first-order valence-corrected chi connectivity index (χ1v) is 3.54. The number of hydrogen-bond acceptors (Lipinski definition) is 1. The molecular formula is C7H13FO. The molecule has 0 saturated heterocycles. The van der Waals surface area contributed by atoms with Gasteiger partial charge >= 0.3 is 0 Å². The Morgan fingerprint density at radius 3 is 2.56 bits per heavy atom. The molecule has 0 aliphatic heterocycles. The lowest BCUT2D eigenvalue weighted by atomic mass is 9.87. The number of alkyl halides is 1. The molecule has 1 fully saturated rings. The molecule has 1 saturated carbocycles. The van der Waals surface area contributed by atoms with E-state index in [9.17, 15) is 4.39 Å². The molecule has 1 nitrogen and oxygen atoms in total. The van der Waals surface area contributed by atoms with Crippen molar-refractivity contribution in [2.24, 2.45) is 5.92 Å². The van der Waals surface area contributed by atoms with E-state index in [2.05, 4.69) is 0 Å². The molecule has 1 aliphatic rings. The van der Waals surface area contributed by atoms with Crippen molar-refractivity contribution in [3.8, 4) is 0 Å². The minimum Gasteiger partial charge on any atom is -0.390 e. The Kier molecular flexibility index (Phi) is 2.06. The molecule has 54 valence electrons. The summed E-state index contributed by atoms with van der Waals surface area (Å²) < 4.78 is 12.7. The fourth-order valence-corrected chi connectivity index (χ4v) is 1.35. The molecule has 0 radical (unpaired) electrons. The van der Waals surface area contributed by atoms with Gasteiger partial charge in [-0.25, -0.2) is 4.39 Å². The van der Waals surface area contributed by atoms with E-state index in [0.29, 0.717) is 6.42 Å². The molecule has 1 aliphatic carbocycles. The Balaban J connectivity index is 2.41. The third-order valence-electron chi connectivity index (χ3n) is 2.07. The second-order valence-corrected chi connectivity index (χ2v) is 2.92. The molecule has 1 rings (SSSR count). The van der Waals surface area contributed by atoms with Crippen molar-refractivity contribution >= 4 is 0 Å². The number of rotatable bonds is 0. The number of hydrogen-bond donors (Lipinski definition) is 1. The van der Waals surface area contributed by atoms with Gasteiger partial charge in [-0.15, -0.1) is 0 Å². The summed E-state index contributed by atoms with van der Waals surface area (Å²) >= 11 is 0. The maximum absolute atomic E-state index is 12.7. The average molecular weight is 132 g/mol. The summed E-state index contributed by atoms with van der Waals surface area (Å²) in [5, 5.41) is 8.97. The zero-order chi connectivity index (χ0) is 6.85. The van der Waals surface area contributed by atoms with Gasteiger partial charge in [0.1, 0.15) is 6.17 Å². The van der Waals surface area contributed by atoms with Crippen LogP contribution in [0.4, 0.5) is 4.39 Å². The van der Waals surface area contributed by atoms with E-state index in [4.69, 9.17) is 5.11 Å². The molecule has 3 atom stereocenters. The Morgan fingerprint density at radius 2 is 2.11 bits per heavy atom. The van der Waals surface area contributed by atoms with E-state index in [0.717, 1.165) is 12.8 Å². The van der Waals surface area contributed by atoms with Gasteiger partial charge in [0.15, 0.2) is 0 Å². The predicted octanol–water partition coefficient (Wildman–Crippen LogP) is 1.51. The fraction of sp³-hybridized carbons (Fsp3) is 1.00. The third kappa shape index (κ3) is 1.42. The summed E-state index contributed by atoms with van der Waals surface area (Å²) in [4.78, 5) is 0. The molecule has 3 unspecified atom stereocenters. The molecule has 0 amide bonds. The van der Waals surface area contributed by atoms with Gasteiger partial charge in [0, 0.05) is 0 Å². The van der Waals surface area contributed by atoms with Gasteiger partial charge in [-0.2, -0.15) is 0 Å². The number of aliphatic hydroxyl groups is 1. The van der Waals surface area contributed by atoms with Crippen LogP contribution in [-0.4, -0.2) is 17.4 Å². The zero-order valence-corrected chi connectivity index (χ0v) is 5.68. The van der Waals surface area contributed by atoms with Gasteiger partial charge in [0.25, 0.3) is 0 Å². The minimum absolute atomic E-state index is 0.0637. The molecule has 0 heterocycles. The van der Waals surface area contributed by atoms with E-state index >= 15 is 0 Å².